The Morgan fingerprint density at radius 2 is 2.09 bits per heavy atom. The van der Waals surface area contributed by atoms with E-state index < -0.39 is 0 Å². The van der Waals surface area contributed by atoms with E-state index in [0.29, 0.717) is 25.2 Å². The minimum atomic E-state index is -0.216. The maximum Gasteiger partial charge on any atom is 0.223 e. The summed E-state index contributed by atoms with van der Waals surface area (Å²) in [4.78, 5) is 23.5. The van der Waals surface area contributed by atoms with E-state index in [1.54, 1.807) is 7.11 Å². The van der Waals surface area contributed by atoms with Crippen LogP contribution in [0.5, 0.6) is 5.75 Å². The van der Waals surface area contributed by atoms with Crippen LogP contribution in [0.25, 0.3) is 22.2 Å². The van der Waals surface area contributed by atoms with Crippen LogP contribution in [0.15, 0.2) is 36.8 Å². The normalized spacial score (nSPS) is 19.0. The Bertz CT molecular complexity index is 1130. The molecule has 2 aromatic heterocycles. The summed E-state index contributed by atoms with van der Waals surface area (Å²) in [6, 6.07) is 7.54. The smallest absolute Gasteiger partial charge is 0.223 e. The number of amides is 1. The quantitative estimate of drug-likeness (QED) is 0.635. The molecule has 1 aromatic carbocycles. The SMILES string of the molecule is COc1cccc(-c2cn(C3CC(CO)N(C(=O)CC(C)(C)C)C3)c3ncnc(N)c23)c1. The molecule has 0 spiro atoms. The number of likely N-dealkylation sites (tertiary alicyclic amines) is 1. The summed E-state index contributed by atoms with van der Waals surface area (Å²) in [5, 5.41) is 10.8. The lowest BCUT2D eigenvalue weighted by Gasteiger charge is -2.27. The first kappa shape index (κ1) is 22.1. The summed E-state index contributed by atoms with van der Waals surface area (Å²) in [6.45, 7) is 6.60. The number of methoxy groups -OCH3 is 1. The van der Waals surface area contributed by atoms with Crippen LogP contribution in [-0.2, 0) is 4.79 Å². The van der Waals surface area contributed by atoms with Gasteiger partial charge in [-0.15, -0.1) is 0 Å². The number of carbonyl (C=O) groups is 1. The van der Waals surface area contributed by atoms with E-state index in [4.69, 9.17) is 10.5 Å². The highest BCUT2D eigenvalue weighted by molar-refractivity contribution is 6.00. The molecule has 0 saturated carbocycles. The van der Waals surface area contributed by atoms with Crippen LogP contribution in [0.1, 0.15) is 39.7 Å². The molecule has 4 rings (SSSR count). The molecule has 1 amide bonds. The van der Waals surface area contributed by atoms with Gasteiger partial charge in [0.2, 0.25) is 5.91 Å². The van der Waals surface area contributed by atoms with E-state index in [1.807, 2.05) is 56.1 Å². The summed E-state index contributed by atoms with van der Waals surface area (Å²) >= 11 is 0. The van der Waals surface area contributed by atoms with Gasteiger partial charge in [0, 0.05) is 24.7 Å². The third-order valence-electron chi connectivity index (χ3n) is 6.02. The molecule has 2 unspecified atom stereocenters. The van der Waals surface area contributed by atoms with E-state index in [-0.39, 0.29) is 30.0 Å². The lowest BCUT2D eigenvalue weighted by Crippen LogP contribution is -2.39. The van der Waals surface area contributed by atoms with E-state index in [0.717, 1.165) is 27.9 Å². The third-order valence-corrected chi connectivity index (χ3v) is 6.02. The number of fused-ring (bicyclic) bond motifs is 1. The zero-order valence-electron chi connectivity index (χ0n) is 19.1. The first-order valence-corrected chi connectivity index (χ1v) is 10.9. The molecule has 8 heteroatoms. The van der Waals surface area contributed by atoms with Crippen molar-refractivity contribution >= 4 is 22.8 Å². The van der Waals surface area contributed by atoms with Gasteiger partial charge in [-0.3, -0.25) is 4.79 Å². The molecule has 3 heterocycles. The Morgan fingerprint density at radius 1 is 1.31 bits per heavy atom. The molecule has 8 nitrogen and oxygen atoms in total. The molecule has 1 aliphatic rings. The number of aliphatic hydroxyl groups is 1. The van der Waals surface area contributed by atoms with Gasteiger partial charge in [-0.25, -0.2) is 9.97 Å². The number of ether oxygens (including phenoxy) is 1. The molecular formula is C24H31N5O3. The summed E-state index contributed by atoms with van der Waals surface area (Å²) in [5.74, 6) is 1.22. The number of nitrogens with zero attached hydrogens (tertiary/aromatic N) is 4. The monoisotopic (exact) mass is 437 g/mol. The second-order valence-electron chi connectivity index (χ2n) is 9.65. The average Bonchev–Trinajstić information content (AvgIpc) is 3.35. The van der Waals surface area contributed by atoms with Gasteiger partial charge in [0.05, 0.1) is 31.2 Å². The molecular weight excluding hydrogens is 406 g/mol. The molecule has 0 aliphatic carbocycles. The fraction of sp³-hybridized carbons (Fsp3) is 0.458. The number of anilines is 1. The topological polar surface area (TPSA) is 106 Å². The minimum Gasteiger partial charge on any atom is -0.497 e. The van der Waals surface area contributed by atoms with Gasteiger partial charge in [-0.2, -0.15) is 0 Å². The average molecular weight is 438 g/mol. The Hall–Kier alpha value is -3.13. The van der Waals surface area contributed by atoms with E-state index in [1.165, 1.54) is 6.33 Å². The van der Waals surface area contributed by atoms with Crippen molar-refractivity contribution in [3.63, 3.8) is 0 Å². The number of benzene rings is 1. The van der Waals surface area contributed by atoms with Gasteiger partial charge in [-0.1, -0.05) is 32.9 Å². The van der Waals surface area contributed by atoms with Crippen LogP contribution in [0.4, 0.5) is 5.82 Å². The van der Waals surface area contributed by atoms with Crippen LogP contribution in [0.2, 0.25) is 0 Å². The van der Waals surface area contributed by atoms with E-state index in [2.05, 4.69) is 14.5 Å². The number of aromatic nitrogens is 3. The zero-order valence-corrected chi connectivity index (χ0v) is 19.1. The summed E-state index contributed by atoms with van der Waals surface area (Å²) in [7, 11) is 1.64. The highest BCUT2D eigenvalue weighted by atomic mass is 16.5. The van der Waals surface area contributed by atoms with Crippen LogP contribution >= 0.6 is 0 Å². The van der Waals surface area contributed by atoms with Gasteiger partial charge < -0.3 is 25.0 Å². The lowest BCUT2D eigenvalue weighted by molar-refractivity contribution is -0.134. The second kappa shape index (κ2) is 8.43. The highest BCUT2D eigenvalue weighted by Crippen LogP contribution is 2.38. The predicted octanol–water partition coefficient (Wildman–Crippen LogP) is 3.26. The molecule has 3 aromatic rings. The van der Waals surface area contributed by atoms with Gasteiger partial charge in [0.25, 0.3) is 0 Å². The number of rotatable bonds is 5. The van der Waals surface area contributed by atoms with Crippen LogP contribution in [-0.4, -0.2) is 56.8 Å². The number of nitrogens with two attached hydrogens (primary N) is 1. The molecule has 2 atom stereocenters. The van der Waals surface area contributed by atoms with Crippen molar-refractivity contribution in [1.82, 2.24) is 19.4 Å². The second-order valence-corrected chi connectivity index (χ2v) is 9.65. The molecule has 1 fully saturated rings. The van der Waals surface area contributed by atoms with Crippen molar-refractivity contribution in [2.75, 3.05) is 26.0 Å². The molecule has 0 bridgehead atoms. The van der Waals surface area contributed by atoms with Crippen LogP contribution in [0, 0.1) is 5.41 Å². The fourth-order valence-corrected chi connectivity index (χ4v) is 4.52. The van der Waals surface area contributed by atoms with Gasteiger partial charge in [0.1, 0.15) is 23.5 Å². The summed E-state index contributed by atoms with van der Waals surface area (Å²) in [5.41, 5.74) is 8.75. The number of nitrogen functional groups attached to an aromatic ring is 1. The van der Waals surface area contributed by atoms with E-state index in [9.17, 15) is 9.90 Å². The lowest BCUT2D eigenvalue weighted by atomic mass is 9.91. The molecule has 32 heavy (non-hydrogen) atoms. The maximum atomic E-state index is 13.0. The van der Waals surface area contributed by atoms with Crippen molar-refractivity contribution in [3.8, 4) is 16.9 Å². The van der Waals surface area contributed by atoms with Crippen LogP contribution < -0.4 is 10.5 Å². The maximum absolute atomic E-state index is 13.0. The number of aliphatic hydroxyl groups excluding tert-OH is 1. The summed E-state index contributed by atoms with van der Waals surface area (Å²) < 4.78 is 7.47. The first-order chi connectivity index (χ1) is 15.2. The molecule has 170 valence electrons. The molecule has 0 radical (unpaired) electrons. The first-order valence-electron chi connectivity index (χ1n) is 10.9. The zero-order chi connectivity index (χ0) is 23.0. The van der Waals surface area contributed by atoms with Gasteiger partial charge >= 0.3 is 0 Å². The van der Waals surface area contributed by atoms with E-state index >= 15 is 0 Å². The standard InChI is InChI=1S/C24H31N5O3/c1-24(2,3)10-20(31)28-11-16(9-17(28)13-30)29-12-19(15-6-5-7-18(8-15)32-4)21-22(25)26-14-27-23(21)29/h5-8,12,14,16-17,30H,9-11,13H2,1-4H3,(H2,25,26,27). The Labute approximate surface area is 188 Å². The molecule has 1 saturated heterocycles. The van der Waals surface area contributed by atoms with Crippen molar-refractivity contribution in [2.24, 2.45) is 5.41 Å². The number of carbonyl (C=O) groups excluding carboxylic acids is 1. The van der Waals surface area contributed by atoms with Gasteiger partial charge in [0.15, 0.2) is 0 Å². The van der Waals surface area contributed by atoms with Crippen molar-refractivity contribution in [1.29, 1.82) is 0 Å². The van der Waals surface area contributed by atoms with Crippen molar-refractivity contribution < 1.29 is 14.6 Å². The fourth-order valence-electron chi connectivity index (χ4n) is 4.52. The third kappa shape index (κ3) is 4.14. The van der Waals surface area contributed by atoms with Gasteiger partial charge in [-0.05, 0) is 29.5 Å². The predicted molar refractivity (Wildman–Crippen MR) is 124 cm³/mol. The highest BCUT2D eigenvalue weighted by Gasteiger charge is 2.37. The molecule has 3 N–H and O–H groups in total. The van der Waals surface area contributed by atoms with Crippen molar-refractivity contribution in [3.05, 3.63) is 36.8 Å². The Morgan fingerprint density at radius 3 is 2.78 bits per heavy atom. The minimum absolute atomic E-state index is 0.0211. The Kier molecular flexibility index (Phi) is 5.81. The Balaban J connectivity index is 1.75. The van der Waals surface area contributed by atoms with Crippen LogP contribution in [0.3, 0.4) is 0 Å². The largest absolute Gasteiger partial charge is 0.497 e. The molecule has 1 aliphatic heterocycles. The van der Waals surface area contributed by atoms with Crippen molar-refractivity contribution in [2.45, 2.75) is 45.7 Å². The summed E-state index contributed by atoms with van der Waals surface area (Å²) in [6.07, 6.45) is 4.58. The number of hydrogen-bond acceptors (Lipinski definition) is 6. The number of hydrogen-bond donors (Lipinski definition) is 2.